The number of hydrogen-bond acceptors (Lipinski definition) is 7. The number of nitrogens with zero attached hydrogens (tertiary/aromatic N) is 3. The third-order valence-electron chi connectivity index (χ3n) is 4.57. The summed E-state index contributed by atoms with van der Waals surface area (Å²) in [5.74, 6) is -1.02. The van der Waals surface area contributed by atoms with Gasteiger partial charge < -0.3 is 10.4 Å². The van der Waals surface area contributed by atoms with Crippen LogP contribution in [-0.4, -0.2) is 27.2 Å². The second-order valence-corrected chi connectivity index (χ2v) is 8.58. The zero-order valence-corrected chi connectivity index (χ0v) is 19.2. The number of carboxylic acids is 1. The molecule has 4 rings (SSSR count). The Hall–Kier alpha value is -3.89. The first-order valence-corrected chi connectivity index (χ1v) is 11.2. The molecule has 10 heteroatoms. The number of benzene rings is 3. The number of nitro benzene ring substituents is 1. The van der Waals surface area contributed by atoms with Crippen molar-refractivity contribution in [3.05, 3.63) is 97.8 Å². The minimum atomic E-state index is -1.02. The molecule has 0 bridgehead atoms. The molecule has 0 atom stereocenters. The maximum Gasteiger partial charge on any atom is 0.337 e. The number of nitro groups is 1. The van der Waals surface area contributed by atoms with Crippen molar-refractivity contribution in [1.82, 2.24) is 4.98 Å². The standard InChI is InChI=1S/C23H15BrN4O4S/c24-16-6-9-20(19(11-16)22(29)30)26-17-7-4-15(5-8-17)21-13-33-23(27-21)25-12-14-2-1-3-18(10-14)28(31)32/h1-13,26H,(H,29,30)/b25-12+. The molecule has 164 valence electrons. The van der Waals surface area contributed by atoms with E-state index in [9.17, 15) is 20.0 Å². The van der Waals surface area contributed by atoms with E-state index in [0.29, 0.717) is 20.9 Å². The van der Waals surface area contributed by atoms with Gasteiger partial charge in [-0.2, -0.15) is 0 Å². The fourth-order valence-electron chi connectivity index (χ4n) is 2.99. The highest BCUT2D eigenvalue weighted by atomic mass is 79.9. The van der Waals surface area contributed by atoms with Crippen LogP contribution in [0.5, 0.6) is 0 Å². The number of non-ortho nitro benzene ring substituents is 1. The molecule has 4 aromatic rings. The predicted molar refractivity (Wildman–Crippen MR) is 132 cm³/mol. The molecule has 33 heavy (non-hydrogen) atoms. The first-order valence-electron chi connectivity index (χ1n) is 9.53. The van der Waals surface area contributed by atoms with Crippen LogP contribution in [0.15, 0.2) is 81.6 Å². The molecule has 0 radical (unpaired) electrons. The van der Waals surface area contributed by atoms with Crippen LogP contribution in [0.3, 0.4) is 0 Å². The fraction of sp³-hybridized carbons (Fsp3) is 0. The lowest BCUT2D eigenvalue weighted by molar-refractivity contribution is -0.384. The second kappa shape index (κ2) is 9.72. The molecule has 0 aliphatic carbocycles. The Balaban J connectivity index is 1.48. The SMILES string of the molecule is O=C(O)c1cc(Br)ccc1Nc1ccc(-c2csc(/N=C/c3cccc([N+](=O)[O-])c3)n2)cc1. The van der Waals surface area contributed by atoms with Gasteiger partial charge in [0.1, 0.15) is 0 Å². The van der Waals surface area contributed by atoms with Gasteiger partial charge in [-0.25, -0.2) is 14.8 Å². The topological polar surface area (TPSA) is 118 Å². The molecule has 0 aliphatic rings. The molecule has 1 heterocycles. The average Bonchev–Trinajstić information content (AvgIpc) is 3.28. The Morgan fingerprint density at radius 3 is 2.67 bits per heavy atom. The van der Waals surface area contributed by atoms with Gasteiger partial charge in [-0.1, -0.05) is 40.2 Å². The Morgan fingerprint density at radius 2 is 1.94 bits per heavy atom. The summed E-state index contributed by atoms with van der Waals surface area (Å²) in [6.07, 6.45) is 1.54. The summed E-state index contributed by atoms with van der Waals surface area (Å²) in [6.45, 7) is 0. The van der Waals surface area contributed by atoms with E-state index in [1.54, 1.807) is 36.5 Å². The smallest absolute Gasteiger partial charge is 0.337 e. The van der Waals surface area contributed by atoms with E-state index in [0.717, 1.165) is 16.9 Å². The van der Waals surface area contributed by atoms with Crippen molar-refractivity contribution in [2.45, 2.75) is 0 Å². The van der Waals surface area contributed by atoms with Crippen molar-refractivity contribution < 1.29 is 14.8 Å². The van der Waals surface area contributed by atoms with Gasteiger partial charge in [0, 0.05) is 39.5 Å². The van der Waals surface area contributed by atoms with Gasteiger partial charge in [0.15, 0.2) is 0 Å². The Bertz CT molecular complexity index is 1370. The minimum absolute atomic E-state index is 0.00564. The summed E-state index contributed by atoms with van der Waals surface area (Å²) in [6, 6.07) is 18.7. The quantitative estimate of drug-likeness (QED) is 0.159. The van der Waals surface area contributed by atoms with Gasteiger partial charge in [-0.05, 0) is 35.9 Å². The van der Waals surface area contributed by atoms with Gasteiger partial charge in [0.2, 0.25) is 5.13 Å². The number of aromatic carboxylic acids is 1. The average molecular weight is 523 g/mol. The summed E-state index contributed by atoms with van der Waals surface area (Å²) in [4.78, 5) is 30.7. The predicted octanol–water partition coefficient (Wildman–Crippen LogP) is 6.67. The summed E-state index contributed by atoms with van der Waals surface area (Å²) in [7, 11) is 0. The molecule has 0 spiro atoms. The highest BCUT2D eigenvalue weighted by Gasteiger charge is 2.11. The monoisotopic (exact) mass is 522 g/mol. The van der Waals surface area contributed by atoms with E-state index in [4.69, 9.17) is 0 Å². The molecule has 2 N–H and O–H groups in total. The number of thiazole rings is 1. The zero-order valence-electron chi connectivity index (χ0n) is 16.8. The number of nitrogens with one attached hydrogen (secondary N) is 1. The van der Waals surface area contributed by atoms with Gasteiger partial charge in [-0.15, -0.1) is 11.3 Å². The van der Waals surface area contributed by atoms with E-state index < -0.39 is 10.9 Å². The Kier molecular flexibility index (Phi) is 6.57. The number of rotatable bonds is 7. The summed E-state index contributed by atoms with van der Waals surface area (Å²) >= 11 is 4.65. The molecule has 0 saturated heterocycles. The number of carboxylic acid groups (broad SMARTS) is 1. The minimum Gasteiger partial charge on any atom is -0.478 e. The van der Waals surface area contributed by atoms with Crippen molar-refractivity contribution in [3.8, 4) is 11.3 Å². The van der Waals surface area contributed by atoms with Crippen LogP contribution in [0.25, 0.3) is 11.3 Å². The molecule has 1 aromatic heterocycles. The van der Waals surface area contributed by atoms with E-state index >= 15 is 0 Å². The van der Waals surface area contributed by atoms with Crippen LogP contribution in [0.2, 0.25) is 0 Å². The van der Waals surface area contributed by atoms with Crippen LogP contribution in [0, 0.1) is 10.1 Å². The van der Waals surface area contributed by atoms with Crippen molar-refractivity contribution >= 4 is 61.6 Å². The fourth-order valence-corrected chi connectivity index (χ4v) is 4.02. The van der Waals surface area contributed by atoms with Crippen LogP contribution < -0.4 is 5.32 Å². The molecule has 0 amide bonds. The Morgan fingerprint density at radius 1 is 1.15 bits per heavy atom. The van der Waals surface area contributed by atoms with Crippen molar-refractivity contribution in [3.63, 3.8) is 0 Å². The molecule has 0 unspecified atom stereocenters. The number of aliphatic imine (C=N–C) groups is 1. The van der Waals surface area contributed by atoms with Crippen molar-refractivity contribution in [2.75, 3.05) is 5.32 Å². The number of hydrogen-bond donors (Lipinski definition) is 2. The van der Waals surface area contributed by atoms with Crippen LogP contribution in [0.1, 0.15) is 15.9 Å². The van der Waals surface area contributed by atoms with E-state index in [1.807, 2.05) is 29.6 Å². The first-order chi connectivity index (χ1) is 15.9. The third-order valence-corrected chi connectivity index (χ3v) is 5.81. The summed E-state index contributed by atoms with van der Waals surface area (Å²) in [5, 5.41) is 25.8. The molecule has 0 aliphatic heterocycles. The maximum absolute atomic E-state index is 11.5. The molecule has 0 fully saturated rings. The lowest BCUT2D eigenvalue weighted by Gasteiger charge is -2.10. The third kappa shape index (κ3) is 5.48. The number of carbonyl (C=O) groups is 1. The lowest BCUT2D eigenvalue weighted by atomic mass is 10.1. The van der Waals surface area contributed by atoms with Crippen LogP contribution in [0.4, 0.5) is 22.2 Å². The molecule has 0 saturated carbocycles. The van der Waals surface area contributed by atoms with E-state index in [-0.39, 0.29) is 11.3 Å². The second-order valence-electron chi connectivity index (χ2n) is 6.82. The largest absolute Gasteiger partial charge is 0.478 e. The molecule has 3 aromatic carbocycles. The van der Waals surface area contributed by atoms with Crippen LogP contribution in [-0.2, 0) is 0 Å². The van der Waals surface area contributed by atoms with Gasteiger partial charge >= 0.3 is 5.97 Å². The number of aromatic nitrogens is 1. The maximum atomic E-state index is 11.5. The first kappa shape index (κ1) is 22.3. The summed E-state index contributed by atoms with van der Waals surface area (Å²) < 4.78 is 0.688. The van der Waals surface area contributed by atoms with Gasteiger partial charge in [0.25, 0.3) is 5.69 Å². The Labute approximate surface area is 200 Å². The highest BCUT2D eigenvalue weighted by Crippen LogP contribution is 2.29. The van der Waals surface area contributed by atoms with Gasteiger partial charge in [-0.3, -0.25) is 10.1 Å². The van der Waals surface area contributed by atoms with Crippen molar-refractivity contribution in [2.24, 2.45) is 4.99 Å². The van der Waals surface area contributed by atoms with E-state index in [2.05, 4.69) is 31.2 Å². The summed E-state index contributed by atoms with van der Waals surface area (Å²) in [5.41, 5.74) is 3.64. The normalized spacial score (nSPS) is 10.9. The lowest BCUT2D eigenvalue weighted by Crippen LogP contribution is -2.02. The van der Waals surface area contributed by atoms with Crippen molar-refractivity contribution in [1.29, 1.82) is 0 Å². The highest BCUT2D eigenvalue weighted by molar-refractivity contribution is 9.10. The number of anilines is 2. The van der Waals surface area contributed by atoms with E-state index in [1.165, 1.54) is 23.5 Å². The number of halogens is 1. The zero-order chi connectivity index (χ0) is 23.4. The molecule has 8 nitrogen and oxygen atoms in total. The molecular formula is C23H15BrN4O4S. The van der Waals surface area contributed by atoms with Gasteiger partial charge in [0.05, 0.1) is 21.9 Å². The molecular weight excluding hydrogens is 508 g/mol. The van der Waals surface area contributed by atoms with Crippen LogP contribution >= 0.6 is 27.3 Å².